The molecule has 0 spiro atoms. The monoisotopic (exact) mass is 579 g/mol. The van der Waals surface area contributed by atoms with E-state index in [1.165, 1.54) is 30.3 Å². The fourth-order valence-corrected chi connectivity index (χ4v) is 6.97. The number of hydrogen-bond acceptors (Lipinski definition) is 9. The maximum atomic E-state index is 14.3. The Balaban J connectivity index is 1.62. The van der Waals surface area contributed by atoms with Crippen molar-refractivity contribution >= 4 is 33.3 Å². The molecule has 12 nitrogen and oxygen atoms in total. The molecule has 13 heteroatoms. The van der Waals surface area contributed by atoms with Crippen LogP contribution in [0.3, 0.4) is 0 Å². The van der Waals surface area contributed by atoms with E-state index < -0.39 is 20.5 Å². The van der Waals surface area contributed by atoms with Crippen LogP contribution in [-0.4, -0.2) is 87.2 Å². The third-order valence-corrected chi connectivity index (χ3v) is 9.91. The molecule has 3 amide bonds. The van der Waals surface area contributed by atoms with E-state index in [1.807, 2.05) is 6.92 Å². The van der Waals surface area contributed by atoms with Crippen LogP contribution in [0.25, 0.3) is 11.4 Å². The zero-order valence-electron chi connectivity index (χ0n) is 23.4. The van der Waals surface area contributed by atoms with Crippen molar-refractivity contribution in [3.05, 3.63) is 60.0 Å². The third-order valence-electron chi connectivity index (χ3n) is 7.36. The Hall–Kier alpha value is -4.10. The van der Waals surface area contributed by atoms with E-state index in [-0.39, 0.29) is 22.7 Å². The summed E-state index contributed by atoms with van der Waals surface area (Å²) < 4.78 is 32.9. The number of aromatic nitrogens is 3. The quantitative estimate of drug-likeness (QED) is 0.431. The Morgan fingerprint density at radius 3 is 2.49 bits per heavy atom. The van der Waals surface area contributed by atoms with E-state index in [4.69, 9.17) is 14.7 Å². The molecule has 5 rings (SSSR count). The van der Waals surface area contributed by atoms with E-state index >= 15 is 0 Å². The SMILES string of the molecule is CNC(=O)Nc1ccc(-c2nc(N3CCOC[C@@H]3C)cc(C3(S(=O)(=O)c4cccnc4C(=O)N(C)C)CC3)n2)cc1. The standard InChI is InChI=1S/C28H33N7O5S/c1-18-17-40-15-14-35(18)23-16-22(32-25(33-23)19-7-9-20(10-8-19)31-27(37)29-2)28(11-12-28)41(38,39)21-6-5-13-30-24(21)26(36)34(3)4/h5-10,13,16,18H,11-12,14-15,17H2,1-4H3,(H2,29,31,37)/t18-/m0/s1. The Morgan fingerprint density at radius 1 is 1.12 bits per heavy atom. The number of pyridine rings is 1. The zero-order chi connectivity index (χ0) is 29.4. The highest BCUT2D eigenvalue weighted by molar-refractivity contribution is 7.92. The van der Waals surface area contributed by atoms with Gasteiger partial charge in [0.25, 0.3) is 5.91 Å². The van der Waals surface area contributed by atoms with Crippen LogP contribution in [0.4, 0.5) is 16.3 Å². The van der Waals surface area contributed by atoms with Gasteiger partial charge in [0.15, 0.2) is 15.7 Å². The van der Waals surface area contributed by atoms with Crippen molar-refractivity contribution in [2.24, 2.45) is 0 Å². The minimum absolute atomic E-state index is 0.0212. The molecule has 3 aromatic rings. The van der Waals surface area contributed by atoms with Crippen LogP contribution in [0.5, 0.6) is 0 Å². The minimum atomic E-state index is -4.07. The smallest absolute Gasteiger partial charge is 0.318 e. The van der Waals surface area contributed by atoms with Gasteiger partial charge in [-0.1, -0.05) is 0 Å². The molecule has 3 heterocycles. The summed E-state index contributed by atoms with van der Waals surface area (Å²) in [5.41, 5.74) is 1.51. The van der Waals surface area contributed by atoms with Crippen molar-refractivity contribution in [3.8, 4) is 11.4 Å². The minimum Gasteiger partial charge on any atom is -0.377 e. The molecule has 41 heavy (non-hydrogen) atoms. The number of anilines is 2. The number of ether oxygens (including phenoxy) is 1. The molecule has 1 saturated carbocycles. The second-order valence-electron chi connectivity index (χ2n) is 10.4. The number of morpholine rings is 1. The first-order valence-electron chi connectivity index (χ1n) is 13.3. The summed E-state index contributed by atoms with van der Waals surface area (Å²) in [6, 6.07) is 11.4. The summed E-state index contributed by atoms with van der Waals surface area (Å²) in [6.45, 7) is 3.66. The van der Waals surface area contributed by atoms with Crippen LogP contribution < -0.4 is 15.5 Å². The largest absolute Gasteiger partial charge is 0.377 e. The van der Waals surface area contributed by atoms with Crippen LogP contribution >= 0.6 is 0 Å². The van der Waals surface area contributed by atoms with Gasteiger partial charge in [0, 0.05) is 51.2 Å². The number of hydrogen-bond donors (Lipinski definition) is 2. The van der Waals surface area contributed by atoms with E-state index in [1.54, 1.807) is 44.4 Å². The van der Waals surface area contributed by atoms with E-state index in [0.717, 1.165) is 0 Å². The lowest BCUT2D eigenvalue weighted by Crippen LogP contribution is -2.44. The number of nitrogens with zero attached hydrogens (tertiary/aromatic N) is 5. The van der Waals surface area contributed by atoms with E-state index in [2.05, 4.69) is 20.5 Å². The molecule has 1 atom stereocenters. The molecule has 0 bridgehead atoms. The summed E-state index contributed by atoms with van der Waals surface area (Å²) in [5.74, 6) is 0.474. The van der Waals surface area contributed by atoms with Crippen LogP contribution in [0.2, 0.25) is 0 Å². The molecule has 2 N–H and O–H groups in total. The summed E-state index contributed by atoms with van der Waals surface area (Å²) in [5, 5.41) is 5.22. The van der Waals surface area contributed by atoms with Gasteiger partial charge < -0.3 is 25.2 Å². The fourth-order valence-electron chi connectivity index (χ4n) is 4.87. The maximum absolute atomic E-state index is 14.3. The number of nitrogens with one attached hydrogen (secondary N) is 2. The van der Waals surface area contributed by atoms with Crippen molar-refractivity contribution in [2.75, 3.05) is 51.1 Å². The molecule has 0 unspecified atom stereocenters. The lowest BCUT2D eigenvalue weighted by Gasteiger charge is -2.34. The predicted molar refractivity (Wildman–Crippen MR) is 154 cm³/mol. The second kappa shape index (κ2) is 11.1. The Morgan fingerprint density at radius 2 is 1.85 bits per heavy atom. The molecule has 1 aliphatic heterocycles. The van der Waals surface area contributed by atoms with Gasteiger partial charge >= 0.3 is 6.03 Å². The highest BCUT2D eigenvalue weighted by Gasteiger charge is 2.59. The molecule has 2 aliphatic rings. The van der Waals surface area contributed by atoms with Crippen LogP contribution in [0.1, 0.15) is 35.9 Å². The van der Waals surface area contributed by atoms with E-state index in [0.29, 0.717) is 61.2 Å². The highest BCUT2D eigenvalue weighted by Crippen LogP contribution is 2.55. The highest BCUT2D eigenvalue weighted by atomic mass is 32.2. The summed E-state index contributed by atoms with van der Waals surface area (Å²) >= 11 is 0. The fraction of sp³-hybridized carbons (Fsp3) is 0.393. The van der Waals surface area contributed by atoms with Crippen molar-refractivity contribution in [3.63, 3.8) is 0 Å². The number of rotatable bonds is 7. The lowest BCUT2D eigenvalue weighted by molar-refractivity contribution is 0.0817. The average Bonchev–Trinajstić information content (AvgIpc) is 3.80. The lowest BCUT2D eigenvalue weighted by atomic mass is 10.1. The molecular formula is C28H33N7O5S. The van der Waals surface area contributed by atoms with Gasteiger partial charge in [-0.05, 0) is 56.2 Å². The van der Waals surface area contributed by atoms with Crippen molar-refractivity contribution in [1.82, 2.24) is 25.2 Å². The van der Waals surface area contributed by atoms with Crippen LogP contribution in [0.15, 0.2) is 53.6 Å². The molecule has 2 fully saturated rings. The van der Waals surface area contributed by atoms with Crippen LogP contribution in [-0.2, 0) is 19.3 Å². The molecule has 0 radical (unpaired) electrons. The first-order valence-corrected chi connectivity index (χ1v) is 14.8. The van der Waals surface area contributed by atoms with Crippen molar-refractivity contribution in [2.45, 2.75) is 35.4 Å². The number of carbonyl (C=O) groups excluding carboxylic acids is 2. The zero-order valence-corrected chi connectivity index (χ0v) is 24.2. The number of amides is 3. The first kappa shape index (κ1) is 28.4. The first-order chi connectivity index (χ1) is 19.6. The van der Waals surface area contributed by atoms with E-state index in [9.17, 15) is 18.0 Å². The summed E-state index contributed by atoms with van der Waals surface area (Å²) in [7, 11) is 0.576. The molecule has 1 saturated heterocycles. The summed E-state index contributed by atoms with van der Waals surface area (Å²) in [4.78, 5) is 41.7. The molecular weight excluding hydrogens is 546 g/mol. The van der Waals surface area contributed by atoms with Gasteiger partial charge in [0.2, 0.25) is 0 Å². The maximum Gasteiger partial charge on any atom is 0.318 e. The Bertz CT molecular complexity index is 1570. The molecule has 1 aromatic carbocycles. The van der Waals surface area contributed by atoms with Crippen molar-refractivity contribution in [1.29, 1.82) is 0 Å². The number of benzene rings is 1. The van der Waals surface area contributed by atoms with Gasteiger partial charge in [-0.2, -0.15) is 0 Å². The molecule has 2 aromatic heterocycles. The predicted octanol–water partition coefficient (Wildman–Crippen LogP) is 2.68. The van der Waals surface area contributed by atoms with Gasteiger partial charge in [0.1, 0.15) is 16.3 Å². The number of sulfone groups is 1. The molecule has 216 valence electrons. The molecule has 1 aliphatic carbocycles. The second-order valence-corrected chi connectivity index (χ2v) is 12.6. The number of carbonyl (C=O) groups is 2. The Kier molecular flexibility index (Phi) is 7.66. The normalized spacial score (nSPS) is 18.0. The van der Waals surface area contributed by atoms with Crippen LogP contribution in [0, 0.1) is 0 Å². The number of urea groups is 1. The summed E-state index contributed by atoms with van der Waals surface area (Å²) in [6.07, 6.45) is 2.12. The average molecular weight is 580 g/mol. The Labute approximate surface area is 239 Å². The van der Waals surface area contributed by atoms with Crippen molar-refractivity contribution < 1.29 is 22.7 Å². The van der Waals surface area contributed by atoms with Gasteiger partial charge in [-0.15, -0.1) is 0 Å². The van der Waals surface area contributed by atoms with Gasteiger partial charge in [-0.3, -0.25) is 4.79 Å². The third kappa shape index (κ3) is 5.34. The topological polar surface area (TPSA) is 147 Å². The van der Waals surface area contributed by atoms with Gasteiger partial charge in [-0.25, -0.2) is 28.2 Å². The van der Waals surface area contributed by atoms with Gasteiger partial charge in [0.05, 0.1) is 29.8 Å².